The summed E-state index contributed by atoms with van der Waals surface area (Å²) in [5, 5.41) is 11.9. The van der Waals surface area contributed by atoms with Crippen LogP contribution in [0.1, 0.15) is 55.3 Å². The molecular formula is C43H42O13. The van der Waals surface area contributed by atoms with Gasteiger partial charge in [-0.15, -0.1) is 6.58 Å². The van der Waals surface area contributed by atoms with Gasteiger partial charge >= 0.3 is 23.9 Å². The van der Waals surface area contributed by atoms with E-state index in [2.05, 4.69) is 6.58 Å². The maximum absolute atomic E-state index is 13.6. The van der Waals surface area contributed by atoms with E-state index in [4.69, 9.17) is 37.9 Å². The molecule has 4 aromatic carbocycles. The molecule has 2 aliphatic heterocycles. The van der Waals surface area contributed by atoms with E-state index >= 15 is 0 Å². The van der Waals surface area contributed by atoms with Crippen molar-refractivity contribution in [2.75, 3.05) is 6.61 Å². The maximum atomic E-state index is 13.6. The van der Waals surface area contributed by atoms with Crippen molar-refractivity contribution in [3.8, 4) is 0 Å². The average Bonchev–Trinajstić information content (AvgIpc) is 3.23. The highest BCUT2D eigenvalue weighted by molar-refractivity contribution is 5.91. The smallest absolute Gasteiger partial charge is 0.338 e. The van der Waals surface area contributed by atoms with E-state index in [1.165, 1.54) is 18.2 Å². The van der Waals surface area contributed by atoms with E-state index in [0.29, 0.717) is 0 Å². The molecule has 6 rings (SSSR count). The van der Waals surface area contributed by atoms with Gasteiger partial charge in [-0.05, 0) is 62.4 Å². The Morgan fingerprint density at radius 3 is 1.32 bits per heavy atom. The number of benzene rings is 4. The Morgan fingerprint density at radius 1 is 0.536 bits per heavy atom. The van der Waals surface area contributed by atoms with Crippen LogP contribution in [0.5, 0.6) is 0 Å². The van der Waals surface area contributed by atoms with E-state index in [1.807, 2.05) is 0 Å². The van der Waals surface area contributed by atoms with Crippen LogP contribution in [0, 0.1) is 0 Å². The second-order valence-electron chi connectivity index (χ2n) is 13.1. The molecule has 2 heterocycles. The number of esters is 4. The van der Waals surface area contributed by atoms with Gasteiger partial charge < -0.3 is 43.0 Å². The normalized spacial score (nSPS) is 27.3. The number of aliphatic hydroxyl groups is 1. The second-order valence-corrected chi connectivity index (χ2v) is 13.1. The molecule has 56 heavy (non-hydrogen) atoms. The van der Waals surface area contributed by atoms with Crippen molar-refractivity contribution >= 4 is 23.9 Å². The molecule has 4 aromatic rings. The zero-order chi connectivity index (χ0) is 39.6. The Balaban J connectivity index is 1.37. The zero-order valence-corrected chi connectivity index (χ0v) is 30.7. The Kier molecular flexibility index (Phi) is 13.4. The third-order valence-electron chi connectivity index (χ3n) is 9.16. The number of aliphatic hydroxyl groups excluding tert-OH is 1. The predicted octanol–water partition coefficient (Wildman–Crippen LogP) is 5.33. The Morgan fingerprint density at radius 2 is 0.893 bits per heavy atom. The lowest BCUT2D eigenvalue weighted by Crippen LogP contribution is -2.65. The molecule has 0 unspecified atom stereocenters. The summed E-state index contributed by atoms with van der Waals surface area (Å²) in [5.74, 6) is -3.11. The number of hydrogen-bond donors (Lipinski definition) is 1. The van der Waals surface area contributed by atoms with E-state index in [1.54, 1.807) is 123 Å². The zero-order valence-electron chi connectivity index (χ0n) is 30.7. The average molecular weight is 767 g/mol. The largest absolute Gasteiger partial charge is 0.453 e. The summed E-state index contributed by atoms with van der Waals surface area (Å²) < 4.78 is 48.6. The monoisotopic (exact) mass is 766 g/mol. The Labute approximate surface area is 323 Å². The van der Waals surface area contributed by atoms with Crippen molar-refractivity contribution in [2.24, 2.45) is 0 Å². The van der Waals surface area contributed by atoms with E-state index in [9.17, 15) is 24.3 Å². The molecule has 10 atom stereocenters. The van der Waals surface area contributed by atoms with Gasteiger partial charge in [0.2, 0.25) is 0 Å². The van der Waals surface area contributed by atoms with Gasteiger partial charge in [0, 0.05) is 0 Å². The quantitative estimate of drug-likeness (QED) is 0.106. The summed E-state index contributed by atoms with van der Waals surface area (Å²) >= 11 is 0. The minimum atomic E-state index is -1.70. The van der Waals surface area contributed by atoms with Gasteiger partial charge in [-0.25, -0.2) is 19.2 Å². The third-order valence-corrected chi connectivity index (χ3v) is 9.16. The molecule has 1 N–H and O–H groups in total. The molecule has 0 spiro atoms. The second kappa shape index (κ2) is 18.8. The van der Waals surface area contributed by atoms with Gasteiger partial charge in [0.15, 0.2) is 37.0 Å². The fraction of sp³-hybridized carbons (Fsp3) is 0.302. The standard InChI is InChI=1S/C43H42O13/c1-4-25-49-42-37(55-41(48)31-23-15-8-16-24-31)36(34(27(3)50-42)53-39(46)29-19-11-6-12-20-29)56-43-35(54-40(47)30-21-13-7-14-22-30)32(44)33(26(2)51-43)52-38(45)28-17-9-5-10-18-28/h4-24,26-27,32-37,42-44H,1,25H2,2-3H3/t26-,27-,32+,33-,34-,35+,36+,37+,42+,43-/m0/s1. The molecule has 13 nitrogen and oxygen atoms in total. The fourth-order valence-corrected chi connectivity index (χ4v) is 6.32. The van der Waals surface area contributed by atoms with Gasteiger partial charge in [0.1, 0.15) is 12.2 Å². The molecule has 0 amide bonds. The number of ether oxygens (including phenoxy) is 8. The van der Waals surface area contributed by atoms with Crippen molar-refractivity contribution in [1.29, 1.82) is 0 Å². The predicted molar refractivity (Wildman–Crippen MR) is 198 cm³/mol. The molecule has 13 heteroatoms. The maximum Gasteiger partial charge on any atom is 0.338 e. The topological polar surface area (TPSA) is 162 Å². The molecule has 0 aromatic heterocycles. The molecule has 0 radical (unpaired) electrons. The first kappa shape index (κ1) is 40.0. The van der Waals surface area contributed by atoms with Crippen molar-refractivity contribution in [2.45, 2.75) is 75.3 Å². The van der Waals surface area contributed by atoms with Gasteiger partial charge in [-0.1, -0.05) is 78.9 Å². The lowest BCUT2D eigenvalue weighted by molar-refractivity contribution is -0.350. The van der Waals surface area contributed by atoms with Crippen LogP contribution < -0.4 is 0 Å². The molecule has 2 saturated heterocycles. The summed E-state index contributed by atoms with van der Waals surface area (Å²) in [7, 11) is 0. The van der Waals surface area contributed by atoms with Crippen molar-refractivity contribution in [1.82, 2.24) is 0 Å². The SMILES string of the molecule is C=CCO[C@@H]1O[C@@H](C)[C@H](OC(=O)c2ccccc2)[C@@H](O[C@@H]2O[C@@H](C)[C@H](OC(=O)c3ccccc3)[C@@H](O)[C@H]2OC(=O)c2ccccc2)[C@H]1OC(=O)c1ccccc1. The van der Waals surface area contributed by atoms with Crippen molar-refractivity contribution < 1.29 is 62.2 Å². The summed E-state index contributed by atoms with van der Waals surface area (Å²) in [6, 6.07) is 32.5. The third kappa shape index (κ3) is 9.56. The van der Waals surface area contributed by atoms with Crippen LogP contribution in [0.4, 0.5) is 0 Å². The highest BCUT2D eigenvalue weighted by Crippen LogP contribution is 2.35. The molecule has 2 fully saturated rings. The van der Waals surface area contributed by atoms with Crippen LogP contribution in [-0.2, 0) is 37.9 Å². The van der Waals surface area contributed by atoms with Gasteiger partial charge in [-0.2, -0.15) is 0 Å². The van der Waals surface area contributed by atoms with Gasteiger partial charge in [0.05, 0.1) is 41.1 Å². The van der Waals surface area contributed by atoms with E-state index in [-0.39, 0.29) is 28.9 Å². The van der Waals surface area contributed by atoms with Crippen LogP contribution in [-0.4, -0.2) is 97.0 Å². The number of hydrogen-bond acceptors (Lipinski definition) is 13. The van der Waals surface area contributed by atoms with Crippen LogP contribution in [0.3, 0.4) is 0 Å². The van der Waals surface area contributed by atoms with Crippen LogP contribution in [0.2, 0.25) is 0 Å². The summed E-state index contributed by atoms with van der Waals surface area (Å²) in [5.41, 5.74) is 0.783. The minimum absolute atomic E-state index is 0.0284. The molecule has 0 aliphatic carbocycles. The van der Waals surface area contributed by atoms with E-state index in [0.717, 1.165) is 0 Å². The summed E-state index contributed by atoms with van der Waals surface area (Å²) in [6.45, 7) is 6.83. The molecule has 0 bridgehead atoms. The fourth-order valence-electron chi connectivity index (χ4n) is 6.32. The number of carbonyl (C=O) groups is 4. The van der Waals surface area contributed by atoms with Gasteiger partial charge in [0.25, 0.3) is 0 Å². The lowest BCUT2D eigenvalue weighted by atomic mass is 9.96. The van der Waals surface area contributed by atoms with Crippen LogP contribution >= 0.6 is 0 Å². The molecule has 292 valence electrons. The summed E-state index contributed by atoms with van der Waals surface area (Å²) in [4.78, 5) is 53.9. The Bertz CT molecular complexity index is 1920. The van der Waals surface area contributed by atoms with E-state index < -0.39 is 85.3 Å². The van der Waals surface area contributed by atoms with Crippen LogP contribution in [0.15, 0.2) is 134 Å². The first-order chi connectivity index (χ1) is 27.1. The number of carbonyl (C=O) groups excluding carboxylic acids is 4. The molecule has 0 saturated carbocycles. The lowest BCUT2D eigenvalue weighted by Gasteiger charge is -2.48. The number of rotatable bonds is 13. The minimum Gasteiger partial charge on any atom is -0.453 e. The van der Waals surface area contributed by atoms with Crippen molar-refractivity contribution in [3.05, 3.63) is 156 Å². The first-order valence-corrected chi connectivity index (χ1v) is 18.1. The van der Waals surface area contributed by atoms with Crippen molar-refractivity contribution in [3.63, 3.8) is 0 Å². The molecule has 2 aliphatic rings. The molecular weight excluding hydrogens is 724 g/mol. The van der Waals surface area contributed by atoms with Gasteiger partial charge in [-0.3, -0.25) is 0 Å². The highest BCUT2D eigenvalue weighted by atomic mass is 16.8. The summed E-state index contributed by atoms with van der Waals surface area (Å²) in [6.07, 6.45) is -12.3. The first-order valence-electron chi connectivity index (χ1n) is 18.1. The Hall–Kier alpha value is -5.70. The highest BCUT2D eigenvalue weighted by Gasteiger charge is 2.55. The van der Waals surface area contributed by atoms with Crippen LogP contribution in [0.25, 0.3) is 0 Å².